The third-order valence-electron chi connectivity index (χ3n) is 4.14. The molecular weight excluding hydrogens is 276 g/mol. The van der Waals surface area contributed by atoms with Crippen LogP contribution in [-0.4, -0.2) is 17.2 Å². The third-order valence-corrected chi connectivity index (χ3v) is 4.14. The molecule has 0 heterocycles. The molecule has 114 valence electrons. The lowest BCUT2D eigenvalue weighted by atomic mass is 10.1. The Morgan fingerprint density at radius 2 is 1.91 bits per heavy atom. The van der Waals surface area contributed by atoms with Crippen LogP contribution in [0.1, 0.15) is 29.7 Å². The number of aliphatic hydroxyl groups is 1. The lowest BCUT2D eigenvalue weighted by Crippen LogP contribution is -2.37. The molecule has 2 aromatic rings. The van der Waals surface area contributed by atoms with Crippen molar-refractivity contribution in [1.82, 2.24) is 5.32 Å². The van der Waals surface area contributed by atoms with Gasteiger partial charge in [-0.15, -0.1) is 0 Å². The third kappa shape index (κ3) is 2.83. The highest BCUT2D eigenvalue weighted by Gasteiger charge is 2.31. The van der Waals surface area contributed by atoms with E-state index in [1.54, 1.807) is 0 Å². The Balaban J connectivity index is 1.72. The van der Waals surface area contributed by atoms with Crippen molar-refractivity contribution in [3.05, 3.63) is 65.2 Å². The second-order valence-electron chi connectivity index (χ2n) is 5.56. The molecular formula is C18H20N2O2. The molecule has 0 fully saturated rings. The average molecular weight is 296 g/mol. The van der Waals surface area contributed by atoms with Crippen LogP contribution in [-0.2, 0) is 12.8 Å². The first-order valence-corrected chi connectivity index (χ1v) is 7.60. The maximum absolute atomic E-state index is 12.3. The van der Waals surface area contributed by atoms with E-state index in [2.05, 4.69) is 17.6 Å². The SMILES string of the molecule is CCc1ccccc1NC(=O)N[C@@H]1c2ccccc2C[C@@H]1O. The van der Waals surface area contributed by atoms with Gasteiger partial charge in [0.25, 0.3) is 0 Å². The first-order valence-electron chi connectivity index (χ1n) is 7.60. The summed E-state index contributed by atoms with van der Waals surface area (Å²) >= 11 is 0. The van der Waals surface area contributed by atoms with Gasteiger partial charge >= 0.3 is 6.03 Å². The van der Waals surface area contributed by atoms with Crippen LogP contribution in [0.5, 0.6) is 0 Å². The molecule has 0 bridgehead atoms. The summed E-state index contributed by atoms with van der Waals surface area (Å²) < 4.78 is 0. The van der Waals surface area contributed by atoms with Crippen molar-refractivity contribution in [1.29, 1.82) is 0 Å². The minimum absolute atomic E-state index is 0.290. The van der Waals surface area contributed by atoms with Crippen LogP contribution in [0.3, 0.4) is 0 Å². The molecule has 0 aliphatic heterocycles. The van der Waals surface area contributed by atoms with Gasteiger partial charge in [0.15, 0.2) is 0 Å². The smallest absolute Gasteiger partial charge is 0.319 e. The van der Waals surface area contributed by atoms with E-state index in [4.69, 9.17) is 0 Å². The van der Waals surface area contributed by atoms with Crippen LogP contribution < -0.4 is 10.6 Å². The second-order valence-corrected chi connectivity index (χ2v) is 5.56. The summed E-state index contributed by atoms with van der Waals surface area (Å²) in [4.78, 5) is 12.3. The predicted octanol–water partition coefficient (Wildman–Crippen LogP) is 3.03. The molecule has 4 nitrogen and oxygen atoms in total. The van der Waals surface area contributed by atoms with E-state index < -0.39 is 6.10 Å². The van der Waals surface area contributed by atoms with Crippen molar-refractivity contribution in [2.24, 2.45) is 0 Å². The van der Waals surface area contributed by atoms with Gasteiger partial charge in [0.2, 0.25) is 0 Å². The van der Waals surface area contributed by atoms with Crippen molar-refractivity contribution in [3.8, 4) is 0 Å². The quantitative estimate of drug-likeness (QED) is 0.815. The molecule has 2 amide bonds. The second kappa shape index (κ2) is 6.20. The van der Waals surface area contributed by atoms with Crippen LogP contribution in [0.15, 0.2) is 48.5 Å². The molecule has 0 saturated carbocycles. The zero-order valence-electron chi connectivity index (χ0n) is 12.5. The fourth-order valence-corrected chi connectivity index (χ4v) is 3.00. The van der Waals surface area contributed by atoms with Gasteiger partial charge in [0.05, 0.1) is 12.1 Å². The molecule has 0 aromatic heterocycles. The lowest BCUT2D eigenvalue weighted by Gasteiger charge is -2.19. The van der Waals surface area contributed by atoms with Crippen LogP contribution in [0.4, 0.5) is 10.5 Å². The molecule has 0 saturated heterocycles. The Labute approximate surface area is 130 Å². The first-order chi connectivity index (χ1) is 10.7. The molecule has 0 radical (unpaired) electrons. The molecule has 1 aliphatic carbocycles. The van der Waals surface area contributed by atoms with Crippen molar-refractivity contribution >= 4 is 11.7 Å². The number of carbonyl (C=O) groups is 1. The van der Waals surface area contributed by atoms with Gasteiger partial charge in [-0.05, 0) is 29.2 Å². The molecule has 1 aliphatic rings. The van der Waals surface area contributed by atoms with Gasteiger partial charge in [-0.25, -0.2) is 4.79 Å². The zero-order chi connectivity index (χ0) is 15.5. The largest absolute Gasteiger partial charge is 0.390 e. The number of benzene rings is 2. The summed E-state index contributed by atoms with van der Waals surface area (Å²) in [6.45, 7) is 2.05. The van der Waals surface area contributed by atoms with Gasteiger partial charge < -0.3 is 15.7 Å². The monoisotopic (exact) mass is 296 g/mol. The van der Waals surface area contributed by atoms with Crippen molar-refractivity contribution in [3.63, 3.8) is 0 Å². The Kier molecular flexibility index (Phi) is 4.11. The van der Waals surface area contributed by atoms with Gasteiger partial charge in [-0.1, -0.05) is 49.4 Å². The molecule has 4 heteroatoms. The molecule has 0 spiro atoms. The molecule has 22 heavy (non-hydrogen) atoms. The average Bonchev–Trinajstić information content (AvgIpc) is 2.84. The van der Waals surface area contributed by atoms with E-state index in [0.29, 0.717) is 6.42 Å². The zero-order valence-corrected chi connectivity index (χ0v) is 12.5. The number of anilines is 1. The summed E-state index contributed by atoms with van der Waals surface area (Å²) in [5, 5.41) is 15.9. The van der Waals surface area contributed by atoms with Crippen LogP contribution in [0.2, 0.25) is 0 Å². The lowest BCUT2D eigenvalue weighted by molar-refractivity contribution is 0.144. The molecule has 2 atom stereocenters. The Morgan fingerprint density at radius 1 is 1.18 bits per heavy atom. The number of urea groups is 1. The number of amides is 2. The first kappa shape index (κ1) is 14.6. The fraction of sp³-hybridized carbons (Fsp3) is 0.278. The van der Waals surface area contributed by atoms with Crippen LogP contribution >= 0.6 is 0 Å². The normalized spacial score (nSPS) is 19.5. The highest BCUT2D eigenvalue weighted by molar-refractivity contribution is 5.90. The number of hydrogen-bond acceptors (Lipinski definition) is 2. The minimum atomic E-state index is -0.579. The van der Waals surface area contributed by atoms with E-state index in [1.165, 1.54) is 0 Å². The molecule has 0 unspecified atom stereocenters. The van der Waals surface area contributed by atoms with Crippen LogP contribution in [0.25, 0.3) is 0 Å². The number of rotatable bonds is 3. The summed E-state index contributed by atoms with van der Waals surface area (Å²) in [5.74, 6) is 0. The summed E-state index contributed by atoms with van der Waals surface area (Å²) in [7, 11) is 0. The van der Waals surface area contributed by atoms with Crippen molar-refractivity contribution in [2.75, 3.05) is 5.32 Å². The van der Waals surface area contributed by atoms with Gasteiger partial charge in [0.1, 0.15) is 0 Å². The van der Waals surface area contributed by atoms with Gasteiger partial charge in [-0.3, -0.25) is 0 Å². The number of aliphatic hydroxyl groups excluding tert-OH is 1. The Bertz CT molecular complexity index is 684. The number of nitrogens with one attached hydrogen (secondary N) is 2. The van der Waals surface area contributed by atoms with E-state index in [1.807, 2.05) is 48.5 Å². The fourth-order valence-electron chi connectivity index (χ4n) is 3.00. The number of fused-ring (bicyclic) bond motifs is 1. The molecule has 2 aromatic carbocycles. The Morgan fingerprint density at radius 3 is 2.73 bits per heavy atom. The molecule has 3 rings (SSSR count). The Hall–Kier alpha value is -2.33. The predicted molar refractivity (Wildman–Crippen MR) is 86.9 cm³/mol. The number of carbonyl (C=O) groups excluding carboxylic acids is 1. The van der Waals surface area contributed by atoms with Gasteiger partial charge in [-0.2, -0.15) is 0 Å². The van der Waals surface area contributed by atoms with E-state index >= 15 is 0 Å². The van der Waals surface area contributed by atoms with E-state index in [9.17, 15) is 9.90 Å². The highest BCUT2D eigenvalue weighted by Crippen LogP contribution is 2.31. The minimum Gasteiger partial charge on any atom is -0.390 e. The maximum Gasteiger partial charge on any atom is 0.319 e. The van der Waals surface area contributed by atoms with E-state index in [-0.39, 0.29) is 12.1 Å². The van der Waals surface area contributed by atoms with Gasteiger partial charge in [0, 0.05) is 12.1 Å². The topological polar surface area (TPSA) is 61.4 Å². The number of para-hydroxylation sites is 1. The number of aryl methyl sites for hydroxylation is 1. The highest BCUT2D eigenvalue weighted by atomic mass is 16.3. The van der Waals surface area contributed by atoms with Crippen LogP contribution in [0, 0.1) is 0 Å². The van der Waals surface area contributed by atoms with Crippen molar-refractivity contribution in [2.45, 2.75) is 31.9 Å². The maximum atomic E-state index is 12.3. The summed E-state index contributed by atoms with van der Waals surface area (Å²) in [6, 6.07) is 14.9. The molecule has 3 N–H and O–H groups in total. The standard InChI is InChI=1S/C18H20N2O2/c1-2-12-7-4-6-10-15(12)19-18(22)20-17-14-9-5-3-8-13(14)11-16(17)21/h3-10,16-17,21H,2,11H2,1H3,(H2,19,20,22)/t16-,17+/m0/s1. The summed E-state index contributed by atoms with van der Waals surface area (Å²) in [6.07, 6.45) is 0.849. The van der Waals surface area contributed by atoms with E-state index in [0.717, 1.165) is 28.8 Å². The number of hydrogen-bond donors (Lipinski definition) is 3. The van der Waals surface area contributed by atoms with Crippen molar-refractivity contribution < 1.29 is 9.90 Å². The summed E-state index contributed by atoms with van der Waals surface area (Å²) in [5.41, 5.74) is 3.98.